The summed E-state index contributed by atoms with van der Waals surface area (Å²) in [4.78, 5) is 0. The smallest absolute Gasteiger partial charge is 0.179 e. The predicted molar refractivity (Wildman–Crippen MR) is 45.2 cm³/mol. The van der Waals surface area contributed by atoms with Gasteiger partial charge in [-0.3, -0.25) is 0 Å². The van der Waals surface area contributed by atoms with Crippen molar-refractivity contribution in [2.24, 2.45) is 0 Å². The second-order valence-electron chi connectivity index (χ2n) is 2.58. The number of halogens is 2. The zero-order valence-corrected chi connectivity index (χ0v) is 7.54. The van der Waals surface area contributed by atoms with E-state index in [1.807, 2.05) is 0 Å². The lowest BCUT2D eigenvalue weighted by Crippen LogP contribution is -2.03. The van der Waals surface area contributed by atoms with Gasteiger partial charge in [0.25, 0.3) is 0 Å². The van der Waals surface area contributed by atoms with Gasteiger partial charge in [0.1, 0.15) is 35.4 Å². The van der Waals surface area contributed by atoms with Crippen molar-refractivity contribution < 1.29 is 8.78 Å². The zero-order chi connectivity index (χ0) is 12.3. The normalized spacial score (nSPS) is 8.38. The number of rotatable bonds is 0. The molecule has 16 heavy (non-hydrogen) atoms. The molecule has 0 heterocycles. The highest BCUT2D eigenvalue weighted by atomic mass is 19.2. The third-order valence-electron chi connectivity index (χ3n) is 1.83. The van der Waals surface area contributed by atoms with Crippen LogP contribution in [0.25, 0.3) is 0 Å². The fourth-order valence-corrected chi connectivity index (χ4v) is 1.12. The summed E-state index contributed by atoms with van der Waals surface area (Å²) in [5, 5.41) is 34.4. The molecule has 0 radical (unpaired) electrons. The summed E-state index contributed by atoms with van der Waals surface area (Å²) in [5.41, 5.74) is -2.98. The van der Waals surface area contributed by atoms with E-state index in [0.29, 0.717) is 0 Å². The van der Waals surface area contributed by atoms with Crippen molar-refractivity contribution in [3.05, 3.63) is 33.9 Å². The monoisotopic (exact) mass is 214 g/mol. The van der Waals surface area contributed by atoms with Gasteiger partial charge in [0.2, 0.25) is 0 Å². The maximum atomic E-state index is 13.2. The van der Waals surface area contributed by atoms with E-state index in [0.717, 1.165) is 0 Å². The lowest BCUT2D eigenvalue weighted by atomic mass is 9.97. The van der Waals surface area contributed by atoms with E-state index in [1.54, 1.807) is 0 Å². The number of nitrogens with zero attached hydrogens (tertiary/aromatic N) is 4. The summed E-state index contributed by atoms with van der Waals surface area (Å²) in [5.74, 6) is -3.18. The Morgan fingerprint density at radius 1 is 0.562 bits per heavy atom. The van der Waals surface area contributed by atoms with Crippen molar-refractivity contribution in [3.63, 3.8) is 0 Å². The van der Waals surface area contributed by atoms with Crippen LogP contribution in [0.4, 0.5) is 8.78 Å². The molecule has 0 atom stereocenters. The van der Waals surface area contributed by atoms with Crippen LogP contribution >= 0.6 is 0 Å². The third kappa shape index (κ3) is 1.32. The van der Waals surface area contributed by atoms with Gasteiger partial charge in [0.15, 0.2) is 11.6 Å². The molecule has 0 aliphatic carbocycles. The van der Waals surface area contributed by atoms with Crippen LogP contribution < -0.4 is 0 Å². The Kier molecular flexibility index (Phi) is 2.81. The Labute approximate surface area is 88.8 Å². The zero-order valence-electron chi connectivity index (χ0n) is 7.54. The maximum Gasteiger partial charge on any atom is 0.179 e. The van der Waals surface area contributed by atoms with Crippen LogP contribution in [0.2, 0.25) is 0 Å². The molecule has 74 valence electrons. The standard InChI is InChI=1S/C10F2N4/c11-9-7(3-15)5(1-13)6(2-14)8(4-16)10(9)12. The van der Waals surface area contributed by atoms with E-state index in [4.69, 9.17) is 21.0 Å². The van der Waals surface area contributed by atoms with E-state index in [9.17, 15) is 8.78 Å². The molecule has 4 nitrogen and oxygen atoms in total. The molecule has 0 bridgehead atoms. The first-order valence-corrected chi connectivity index (χ1v) is 3.77. The highest BCUT2D eigenvalue weighted by Gasteiger charge is 2.24. The van der Waals surface area contributed by atoms with Gasteiger partial charge in [-0.25, -0.2) is 8.78 Å². The Balaban J connectivity index is 3.99. The molecule has 0 aliphatic heterocycles. The molecule has 1 aromatic carbocycles. The van der Waals surface area contributed by atoms with E-state index >= 15 is 0 Å². The first kappa shape index (κ1) is 11.1. The highest BCUT2D eigenvalue weighted by Crippen LogP contribution is 2.24. The van der Waals surface area contributed by atoms with Crippen LogP contribution in [0.15, 0.2) is 0 Å². The molecule has 0 unspecified atom stereocenters. The van der Waals surface area contributed by atoms with Gasteiger partial charge in [0, 0.05) is 0 Å². The fourth-order valence-electron chi connectivity index (χ4n) is 1.12. The highest BCUT2D eigenvalue weighted by molar-refractivity contribution is 5.62. The second-order valence-corrected chi connectivity index (χ2v) is 2.58. The van der Waals surface area contributed by atoms with E-state index < -0.39 is 33.9 Å². The van der Waals surface area contributed by atoms with Gasteiger partial charge in [0.05, 0.1) is 11.1 Å². The summed E-state index contributed by atoms with van der Waals surface area (Å²) in [6.45, 7) is 0. The van der Waals surface area contributed by atoms with Crippen molar-refractivity contribution in [3.8, 4) is 24.3 Å². The molecule has 0 N–H and O–H groups in total. The predicted octanol–water partition coefficient (Wildman–Crippen LogP) is 1.45. The van der Waals surface area contributed by atoms with Crippen molar-refractivity contribution in [2.45, 2.75) is 0 Å². The van der Waals surface area contributed by atoms with Crippen LogP contribution in [-0.4, -0.2) is 0 Å². The Morgan fingerprint density at radius 3 is 1.00 bits per heavy atom. The van der Waals surface area contributed by atoms with Gasteiger partial charge in [-0.05, 0) is 0 Å². The van der Waals surface area contributed by atoms with Gasteiger partial charge in [-0.1, -0.05) is 0 Å². The summed E-state index contributed by atoms with van der Waals surface area (Å²) in [6.07, 6.45) is 0. The van der Waals surface area contributed by atoms with E-state index in [2.05, 4.69) is 0 Å². The average Bonchev–Trinajstić information content (AvgIpc) is 2.31. The minimum Gasteiger partial charge on any atom is -0.202 e. The maximum absolute atomic E-state index is 13.2. The lowest BCUT2D eigenvalue weighted by Gasteiger charge is -2.03. The summed E-state index contributed by atoms with van der Waals surface area (Å²) in [7, 11) is 0. The van der Waals surface area contributed by atoms with Crippen LogP contribution in [0.3, 0.4) is 0 Å². The molecular weight excluding hydrogens is 214 g/mol. The Bertz CT molecular complexity index is 578. The molecule has 1 rings (SSSR count). The molecule has 0 fully saturated rings. The first-order valence-electron chi connectivity index (χ1n) is 3.77. The van der Waals surface area contributed by atoms with Gasteiger partial charge in [-0.15, -0.1) is 0 Å². The molecule has 0 saturated carbocycles. The van der Waals surface area contributed by atoms with Crippen LogP contribution in [0.1, 0.15) is 22.3 Å². The first-order chi connectivity index (χ1) is 7.62. The molecule has 0 aliphatic rings. The van der Waals surface area contributed by atoms with Gasteiger partial charge in [-0.2, -0.15) is 21.0 Å². The molecular formula is C10F2N4. The van der Waals surface area contributed by atoms with Crippen LogP contribution in [0.5, 0.6) is 0 Å². The largest absolute Gasteiger partial charge is 0.202 e. The Morgan fingerprint density at radius 2 is 0.812 bits per heavy atom. The Hall–Kier alpha value is -2.96. The van der Waals surface area contributed by atoms with Crippen molar-refractivity contribution >= 4 is 0 Å². The molecule has 0 saturated heterocycles. The number of nitriles is 4. The quantitative estimate of drug-likeness (QED) is 0.652. The van der Waals surface area contributed by atoms with Crippen molar-refractivity contribution in [1.29, 1.82) is 21.0 Å². The summed E-state index contributed by atoms with van der Waals surface area (Å²) < 4.78 is 26.4. The number of benzene rings is 1. The second kappa shape index (κ2) is 4.05. The van der Waals surface area contributed by atoms with E-state index in [1.165, 1.54) is 24.3 Å². The fraction of sp³-hybridized carbons (Fsp3) is 0. The van der Waals surface area contributed by atoms with Crippen molar-refractivity contribution in [2.75, 3.05) is 0 Å². The minimum atomic E-state index is -1.59. The molecule has 6 heteroatoms. The number of hydrogen-bond donors (Lipinski definition) is 0. The minimum absolute atomic E-state index is 0.625. The van der Waals surface area contributed by atoms with Crippen molar-refractivity contribution in [1.82, 2.24) is 0 Å². The average molecular weight is 214 g/mol. The van der Waals surface area contributed by atoms with Gasteiger partial charge >= 0.3 is 0 Å². The summed E-state index contributed by atoms with van der Waals surface area (Å²) in [6, 6.07) is 5.38. The van der Waals surface area contributed by atoms with Gasteiger partial charge < -0.3 is 0 Å². The third-order valence-corrected chi connectivity index (χ3v) is 1.83. The number of hydrogen-bond acceptors (Lipinski definition) is 4. The lowest BCUT2D eigenvalue weighted by molar-refractivity contribution is 0.503. The molecule has 1 aromatic rings. The van der Waals surface area contributed by atoms with Crippen LogP contribution in [-0.2, 0) is 0 Å². The SMILES string of the molecule is N#Cc1c(F)c(F)c(C#N)c(C#N)c1C#N. The summed E-state index contributed by atoms with van der Waals surface area (Å²) >= 11 is 0. The molecule has 0 amide bonds. The molecule has 0 spiro atoms. The molecule has 0 aromatic heterocycles. The topological polar surface area (TPSA) is 95.2 Å². The van der Waals surface area contributed by atoms with E-state index in [-0.39, 0.29) is 0 Å². The van der Waals surface area contributed by atoms with Crippen LogP contribution in [0, 0.1) is 57.0 Å².